The van der Waals surface area contributed by atoms with Crippen LogP contribution in [0.3, 0.4) is 0 Å². The molecule has 0 amide bonds. The van der Waals surface area contributed by atoms with Gasteiger partial charge in [-0.2, -0.15) is 17.7 Å². The van der Waals surface area contributed by atoms with E-state index in [1.807, 2.05) is 0 Å². The van der Waals surface area contributed by atoms with Gasteiger partial charge in [-0.15, -0.1) is 0 Å². The van der Waals surface area contributed by atoms with Crippen molar-refractivity contribution in [1.82, 2.24) is 0 Å². The lowest BCUT2D eigenvalue weighted by Crippen LogP contribution is -2.43. The maximum Gasteiger partial charge on any atom is 0.485 e. The first-order valence-corrected chi connectivity index (χ1v) is 15.5. The Hall–Kier alpha value is -3.53. The van der Waals surface area contributed by atoms with Crippen LogP contribution in [0, 0.1) is 0 Å². The minimum atomic E-state index is -6.09. The van der Waals surface area contributed by atoms with Crippen LogP contribution in [0.4, 0.5) is 13.2 Å². The molecule has 6 rings (SSSR count). The van der Waals surface area contributed by atoms with E-state index in [-0.39, 0.29) is 6.61 Å². The molecule has 9 heteroatoms. The topological polar surface area (TPSA) is 81.3 Å². The monoisotopic (exact) mass is 595 g/mol. The first-order chi connectivity index (χ1) is 20.1. The second-order valence-electron chi connectivity index (χ2n) is 10.5. The highest BCUT2D eigenvalue weighted by Crippen LogP contribution is 2.44. The van der Waals surface area contributed by atoms with Crippen LogP contribution >= 0.6 is 0 Å². The van der Waals surface area contributed by atoms with Crippen molar-refractivity contribution in [2.75, 3.05) is 6.61 Å². The van der Waals surface area contributed by atoms with Crippen molar-refractivity contribution >= 4 is 10.1 Å². The standard InChI is InChI=1S/C32H32NO.CHF3O3S/c34-22-10-2-9-21-33-31-26-15-7-5-11-23(26)17-19-28(31)30(25-13-3-1-4-14-25)29-20-18-24-12-6-8-16-27(24)32(29)33;2-1(3,4)8(5,6)7/h1,3-8,11-16,34H,2,9-10,17-22H2;(H,5,6,7)/q+1;/p-1. The van der Waals surface area contributed by atoms with Crippen LogP contribution in [-0.4, -0.2) is 30.2 Å². The van der Waals surface area contributed by atoms with Crippen LogP contribution in [0.1, 0.15) is 41.5 Å². The van der Waals surface area contributed by atoms with E-state index in [0.29, 0.717) is 0 Å². The number of aromatic nitrogens is 1. The third-order valence-electron chi connectivity index (χ3n) is 7.93. The van der Waals surface area contributed by atoms with Crippen molar-refractivity contribution in [2.24, 2.45) is 0 Å². The molecule has 0 bridgehead atoms. The minimum Gasteiger partial charge on any atom is -0.741 e. The van der Waals surface area contributed by atoms with E-state index < -0.39 is 15.6 Å². The number of hydrogen-bond acceptors (Lipinski definition) is 4. The van der Waals surface area contributed by atoms with Gasteiger partial charge in [-0.25, -0.2) is 8.42 Å². The Labute approximate surface area is 244 Å². The summed E-state index contributed by atoms with van der Waals surface area (Å²) in [6.07, 6.45) is 7.38. The predicted octanol–water partition coefficient (Wildman–Crippen LogP) is 6.39. The number of benzene rings is 3. The molecule has 0 saturated heterocycles. The number of nitrogens with zero attached hydrogens (tertiary/aromatic N) is 1. The smallest absolute Gasteiger partial charge is 0.485 e. The van der Waals surface area contributed by atoms with Gasteiger partial charge in [-0.05, 0) is 67.3 Å². The van der Waals surface area contributed by atoms with Gasteiger partial charge in [0.15, 0.2) is 10.1 Å². The van der Waals surface area contributed by atoms with Crippen molar-refractivity contribution < 1.29 is 35.8 Å². The Morgan fingerprint density at radius 1 is 0.714 bits per heavy atom. The summed E-state index contributed by atoms with van der Waals surface area (Å²) in [5, 5.41) is 9.36. The molecule has 4 aromatic rings. The predicted molar refractivity (Wildman–Crippen MR) is 154 cm³/mol. The van der Waals surface area contributed by atoms with Crippen molar-refractivity contribution in [3.8, 4) is 33.6 Å². The number of rotatable bonds is 6. The second-order valence-corrected chi connectivity index (χ2v) is 11.9. The summed E-state index contributed by atoms with van der Waals surface area (Å²) in [4.78, 5) is 0. The number of hydrogen-bond donors (Lipinski definition) is 1. The highest BCUT2D eigenvalue weighted by atomic mass is 32.2. The molecule has 0 atom stereocenters. The lowest BCUT2D eigenvalue weighted by molar-refractivity contribution is -0.676. The van der Waals surface area contributed by atoms with E-state index in [2.05, 4.69) is 83.4 Å². The zero-order valence-corrected chi connectivity index (χ0v) is 23.8. The van der Waals surface area contributed by atoms with Gasteiger partial charge in [-0.3, -0.25) is 0 Å². The molecular formula is C33H32F3NO4S. The zero-order chi connectivity index (χ0) is 29.9. The van der Waals surface area contributed by atoms with E-state index in [1.165, 1.54) is 55.9 Å². The van der Waals surface area contributed by atoms with E-state index in [4.69, 9.17) is 13.0 Å². The van der Waals surface area contributed by atoms with E-state index in [1.54, 1.807) is 0 Å². The fourth-order valence-electron chi connectivity index (χ4n) is 6.15. The molecule has 1 N–H and O–H groups in total. The van der Waals surface area contributed by atoms with Gasteiger partial charge < -0.3 is 9.66 Å². The Kier molecular flexibility index (Phi) is 8.82. The Balaban J connectivity index is 0.000000390. The first kappa shape index (κ1) is 29.9. The van der Waals surface area contributed by atoms with Crippen molar-refractivity contribution in [2.45, 2.75) is 57.0 Å². The normalized spacial score (nSPS) is 13.6. The summed E-state index contributed by atoms with van der Waals surface area (Å²) in [5.41, 5.74) is 8.76. The molecule has 0 fully saturated rings. The number of aryl methyl sites for hydroxylation is 2. The number of unbranched alkanes of at least 4 members (excludes halogenated alkanes) is 2. The number of fused-ring (bicyclic) bond motifs is 6. The molecule has 0 radical (unpaired) electrons. The molecule has 0 saturated carbocycles. The molecule has 3 aromatic carbocycles. The first-order valence-electron chi connectivity index (χ1n) is 14.1. The molecule has 42 heavy (non-hydrogen) atoms. The van der Waals surface area contributed by atoms with Crippen LogP contribution in [-0.2, 0) is 42.3 Å². The Morgan fingerprint density at radius 3 is 1.67 bits per heavy atom. The second kappa shape index (κ2) is 12.4. The average Bonchev–Trinajstić information content (AvgIpc) is 2.98. The maximum absolute atomic E-state index is 10.7. The number of pyridine rings is 1. The fraction of sp³-hybridized carbons (Fsp3) is 0.303. The van der Waals surface area contributed by atoms with Gasteiger partial charge in [0.25, 0.3) is 0 Å². The Bertz CT molecular complexity index is 1610. The van der Waals surface area contributed by atoms with Gasteiger partial charge in [0.1, 0.15) is 6.54 Å². The van der Waals surface area contributed by atoms with Crippen LogP contribution in [0.25, 0.3) is 33.6 Å². The molecule has 220 valence electrons. The number of aliphatic hydroxyl groups is 1. The lowest BCUT2D eigenvalue weighted by Gasteiger charge is -2.28. The van der Waals surface area contributed by atoms with Crippen molar-refractivity contribution in [1.29, 1.82) is 0 Å². The molecule has 5 nitrogen and oxygen atoms in total. The van der Waals surface area contributed by atoms with Crippen molar-refractivity contribution in [3.05, 3.63) is 101 Å². The Morgan fingerprint density at radius 2 is 1.19 bits per heavy atom. The third-order valence-corrected chi connectivity index (χ3v) is 8.50. The maximum atomic E-state index is 10.7. The molecule has 2 aliphatic carbocycles. The number of aliphatic hydroxyl groups excluding tert-OH is 1. The van der Waals surface area contributed by atoms with Crippen LogP contribution in [0.5, 0.6) is 0 Å². The zero-order valence-electron chi connectivity index (χ0n) is 23.0. The SMILES string of the molecule is O=S(=O)([O-])C(F)(F)F.OCCCCC[n+]1c2c(c(-c3ccccc3)c3c1-c1ccccc1CC3)CCc1ccccc1-2. The highest BCUT2D eigenvalue weighted by Gasteiger charge is 2.38. The summed E-state index contributed by atoms with van der Waals surface area (Å²) < 4.78 is 61.6. The molecule has 2 aliphatic rings. The highest BCUT2D eigenvalue weighted by molar-refractivity contribution is 7.86. The molecule has 0 spiro atoms. The average molecular weight is 596 g/mol. The molecular weight excluding hydrogens is 563 g/mol. The molecule has 0 aliphatic heterocycles. The molecule has 1 heterocycles. The third kappa shape index (κ3) is 6.00. The summed E-state index contributed by atoms with van der Waals surface area (Å²) in [5.74, 6) is 0. The van der Waals surface area contributed by atoms with Gasteiger partial charge in [0.05, 0.1) is 0 Å². The largest absolute Gasteiger partial charge is 0.741 e. The minimum absolute atomic E-state index is 0.277. The van der Waals surface area contributed by atoms with Crippen molar-refractivity contribution in [3.63, 3.8) is 0 Å². The van der Waals surface area contributed by atoms with Gasteiger partial charge in [0.2, 0.25) is 11.4 Å². The van der Waals surface area contributed by atoms with Gasteiger partial charge >= 0.3 is 5.51 Å². The van der Waals surface area contributed by atoms with Gasteiger partial charge in [0, 0.05) is 40.8 Å². The van der Waals surface area contributed by atoms with Crippen LogP contribution in [0.15, 0.2) is 78.9 Å². The number of halogens is 3. The van der Waals surface area contributed by atoms with Gasteiger partial charge in [-0.1, -0.05) is 66.7 Å². The lowest BCUT2D eigenvalue weighted by atomic mass is 9.77. The summed E-state index contributed by atoms with van der Waals surface area (Å²) in [6, 6.07) is 29.1. The van der Waals surface area contributed by atoms with Crippen LogP contribution in [0.2, 0.25) is 0 Å². The van der Waals surface area contributed by atoms with E-state index in [0.717, 1.165) is 51.5 Å². The van der Waals surface area contributed by atoms with Crippen LogP contribution < -0.4 is 4.57 Å². The summed E-state index contributed by atoms with van der Waals surface area (Å²) in [6.45, 7) is 1.27. The molecule has 1 aromatic heterocycles. The van der Waals surface area contributed by atoms with E-state index in [9.17, 15) is 18.3 Å². The summed E-state index contributed by atoms with van der Waals surface area (Å²) >= 11 is 0. The molecule has 0 unspecified atom stereocenters. The van der Waals surface area contributed by atoms with E-state index >= 15 is 0 Å². The number of alkyl halides is 3. The fourth-order valence-corrected chi connectivity index (χ4v) is 6.15. The quantitative estimate of drug-likeness (QED) is 0.121. The summed E-state index contributed by atoms with van der Waals surface area (Å²) in [7, 11) is -6.09.